The molecule has 2 aromatic rings. The first-order chi connectivity index (χ1) is 9.72. The molecule has 0 aliphatic heterocycles. The smallest absolute Gasteiger partial charge is 0.213 e. The first-order valence-electron chi connectivity index (χ1n) is 6.32. The third-order valence-corrected chi connectivity index (χ3v) is 3.17. The number of ether oxygens (including phenoxy) is 1. The summed E-state index contributed by atoms with van der Waals surface area (Å²) in [4.78, 5) is 4.39. The van der Waals surface area contributed by atoms with Crippen LogP contribution in [-0.4, -0.2) is 35.7 Å². The van der Waals surface area contributed by atoms with Crippen molar-refractivity contribution in [2.24, 2.45) is 0 Å². The molecular weight excluding hydrogens is 276 g/mol. The Morgan fingerprint density at radius 2 is 2.10 bits per heavy atom. The number of aliphatic hydroxyl groups excluding tert-OH is 1. The third kappa shape index (κ3) is 3.85. The molecule has 2 N–H and O–H groups in total. The van der Waals surface area contributed by atoms with Crippen LogP contribution < -0.4 is 10.1 Å². The number of alkyl halides is 1. The molecule has 0 saturated carbocycles. The van der Waals surface area contributed by atoms with Gasteiger partial charge in [-0.15, -0.1) is 11.6 Å². The zero-order valence-corrected chi connectivity index (χ0v) is 12.0. The highest BCUT2D eigenvalue weighted by molar-refractivity contribution is 6.18. The Bertz CT molecular complexity index is 563. The van der Waals surface area contributed by atoms with Crippen molar-refractivity contribution in [1.82, 2.24) is 4.98 Å². The van der Waals surface area contributed by atoms with Crippen LogP contribution in [0.4, 0.5) is 5.69 Å². The third-order valence-electron chi connectivity index (χ3n) is 2.81. The summed E-state index contributed by atoms with van der Waals surface area (Å²) >= 11 is 5.56. The monoisotopic (exact) mass is 292 g/mol. The summed E-state index contributed by atoms with van der Waals surface area (Å²) in [5, 5.41) is 12.6. The number of methoxy groups -OCH3 is 1. The van der Waals surface area contributed by atoms with E-state index in [1.54, 1.807) is 7.11 Å². The number of hydrogen-bond donors (Lipinski definition) is 2. The second kappa shape index (κ2) is 7.12. The Kier molecular flexibility index (Phi) is 5.21. The van der Waals surface area contributed by atoms with Crippen molar-refractivity contribution >= 4 is 17.3 Å². The molecule has 5 heteroatoms. The maximum Gasteiger partial charge on any atom is 0.213 e. The number of benzene rings is 1. The van der Waals surface area contributed by atoms with E-state index in [0.717, 1.165) is 16.9 Å². The van der Waals surface area contributed by atoms with E-state index in [9.17, 15) is 5.11 Å². The number of aromatic nitrogens is 1. The molecule has 20 heavy (non-hydrogen) atoms. The van der Waals surface area contributed by atoms with Crippen LogP contribution in [0.25, 0.3) is 11.3 Å². The van der Waals surface area contributed by atoms with Gasteiger partial charge < -0.3 is 15.2 Å². The maximum atomic E-state index is 9.45. The Balaban J connectivity index is 2.16. The molecule has 0 aliphatic carbocycles. The van der Waals surface area contributed by atoms with E-state index in [-0.39, 0.29) is 5.88 Å². The van der Waals surface area contributed by atoms with Crippen LogP contribution in [0.3, 0.4) is 0 Å². The quantitative estimate of drug-likeness (QED) is 0.804. The Labute approximate surface area is 123 Å². The molecule has 0 radical (unpaired) electrons. The molecule has 1 heterocycles. The fourth-order valence-corrected chi connectivity index (χ4v) is 1.88. The first kappa shape index (κ1) is 14.6. The fourth-order valence-electron chi connectivity index (χ4n) is 1.77. The van der Waals surface area contributed by atoms with Crippen molar-refractivity contribution < 1.29 is 9.84 Å². The van der Waals surface area contributed by atoms with E-state index in [2.05, 4.69) is 10.3 Å². The Morgan fingerprint density at radius 3 is 2.85 bits per heavy atom. The second-order valence-corrected chi connectivity index (χ2v) is 4.64. The normalized spacial score (nSPS) is 11.9. The van der Waals surface area contributed by atoms with Crippen LogP contribution in [0.5, 0.6) is 5.88 Å². The predicted molar refractivity (Wildman–Crippen MR) is 81.4 cm³/mol. The maximum absolute atomic E-state index is 9.45. The molecule has 1 aromatic heterocycles. The Hall–Kier alpha value is -1.78. The number of hydrogen-bond acceptors (Lipinski definition) is 4. The number of pyridine rings is 1. The van der Waals surface area contributed by atoms with Crippen LogP contribution in [0, 0.1) is 0 Å². The average Bonchev–Trinajstić information content (AvgIpc) is 2.53. The lowest BCUT2D eigenvalue weighted by Gasteiger charge is -2.11. The lowest BCUT2D eigenvalue weighted by molar-refractivity contribution is 0.211. The molecule has 0 aliphatic rings. The van der Waals surface area contributed by atoms with E-state index in [4.69, 9.17) is 16.3 Å². The molecule has 0 saturated heterocycles. The van der Waals surface area contributed by atoms with Crippen molar-refractivity contribution in [2.45, 2.75) is 6.10 Å². The van der Waals surface area contributed by atoms with Gasteiger partial charge in [-0.2, -0.15) is 0 Å². The molecule has 1 unspecified atom stereocenters. The van der Waals surface area contributed by atoms with Gasteiger partial charge in [-0.25, -0.2) is 4.98 Å². The topological polar surface area (TPSA) is 54.4 Å². The van der Waals surface area contributed by atoms with Gasteiger partial charge in [-0.3, -0.25) is 0 Å². The lowest BCUT2D eigenvalue weighted by Crippen LogP contribution is -2.20. The molecule has 0 bridgehead atoms. The molecule has 1 atom stereocenters. The van der Waals surface area contributed by atoms with Gasteiger partial charge in [0.2, 0.25) is 5.88 Å². The van der Waals surface area contributed by atoms with E-state index in [0.29, 0.717) is 12.4 Å². The second-order valence-electron chi connectivity index (χ2n) is 4.34. The van der Waals surface area contributed by atoms with Crippen LogP contribution in [0.1, 0.15) is 0 Å². The number of aliphatic hydroxyl groups is 1. The average molecular weight is 293 g/mol. The molecule has 2 rings (SSSR count). The summed E-state index contributed by atoms with van der Waals surface area (Å²) in [5.74, 6) is 0.794. The Morgan fingerprint density at radius 1 is 1.30 bits per heavy atom. The van der Waals surface area contributed by atoms with Crippen molar-refractivity contribution in [3.05, 3.63) is 42.5 Å². The van der Waals surface area contributed by atoms with Crippen molar-refractivity contribution in [1.29, 1.82) is 0 Å². The van der Waals surface area contributed by atoms with Crippen LogP contribution >= 0.6 is 11.6 Å². The standard InChI is InChI=1S/C15H17ClN2O2/c1-20-15-7-3-6-14(18-15)11-4-2-5-12(8-11)17-10-13(19)9-16/h2-8,13,17,19H,9-10H2,1H3. The van der Waals surface area contributed by atoms with Gasteiger partial charge in [-0.05, 0) is 18.2 Å². The predicted octanol–water partition coefficient (Wildman–Crippen LogP) is 2.77. The number of rotatable bonds is 6. The van der Waals surface area contributed by atoms with Crippen LogP contribution in [-0.2, 0) is 0 Å². The molecule has 4 nitrogen and oxygen atoms in total. The van der Waals surface area contributed by atoms with Gasteiger partial charge in [0.25, 0.3) is 0 Å². The minimum absolute atomic E-state index is 0.212. The molecule has 0 fully saturated rings. The summed E-state index contributed by atoms with van der Waals surface area (Å²) in [7, 11) is 1.59. The molecule has 1 aromatic carbocycles. The van der Waals surface area contributed by atoms with Crippen molar-refractivity contribution in [3.8, 4) is 17.1 Å². The molecular formula is C15H17ClN2O2. The summed E-state index contributed by atoms with van der Waals surface area (Å²) in [6, 6.07) is 13.5. The van der Waals surface area contributed by atoms with Gasteiger partial charge in [0.1, 0.15) is 0 Å². The highest BCUT2D eigenvalue weighted by Crippen LogP contribution is 2.22. The van der Waals surface area contributed by atoms with Crippen LogP contribution in [0.15, 0.2) is 42.5 Å². The highest BCUT2D eigenvalue weighted by Gasteiger charge is 2.04. The SMILES string of the molecule is COc1cccc(-c2cccc(NCC(O)CCl)c2)n1. The summed E-state index contributed by atoms with van der Waals surface area (Å²) < 4.78 is 5.13. The van der Waals surface area contributed by atoms with Gasteiger partial charge in [0.15, 0.2) is 0 Å². The van der Waals surface area contributed by atoms with Gasteiger partial charge >= 0.3 is 0 Å². The summed E-state index contributed by atoms with van der Waals surface area (Å²) in [5.41, 5.74) is 2.73. The highest BCUT2D eigenvalue weighted by atomic mass is 35.5. The van der Waals surface area contributed by atoms with E-state index >= 15 is 0 Å². The minimum atomic E-state index is -0.560. The molecule has 0 spiro atoms. The van der Waals surface area contributed by atoms with Crippen molar-refractivity contribution in [2.75, 3.05) is 24.9 Å². The van der Waals surface area contributed by atoms with Gasteiger partial charge in [0, 0.05) is 23.9 Å². The van der Waals surface area contributed by atoms with E-state index in [1.165, 1.54) is 0 Å². The van der Waals surface area contributed by atoms with Crippen LogP contribution in [0.2, 0.25) is 0 Å². The minimum Gasteiger partial charge on any atom is -0.481 e. The number of nitrogens with zero attached hydrogens (tertiary/aromatic N) is 1. The molecule has 106 valence electrons. The number of nitrogens with one attached hydrogen (secondary N) is 1. The van der Waals surface area contributed by atoms with Crippen molar-refractivity contribution in [3.63, 3.8) is 0 Å². The van der Waals surface area contributed by atoms with E-state index in [1.807, 2.05) is 42.5 Å². The fraction of sp³-hybridized carbons (Fsp3) is 0.267. The summed E-state index contributed by atoms with van der Waals surface area (Å²) in [6.07, 6.45) is -0.560. The zero-order valence-electron chi connectivity index (χ0n) is 11.2. The molecule has 0 amide bonds. The first-order valence-corrected chi connectivity index (χ1v) is 6.86. The van der Waals surface area contributed by atoms with Gasteiger partial charge in [-0.1, -0.05) is 18.2 Å². The lowest BCUT2D eigenvalue weighted by atomic mass is 10.1. The largest absolute Gasteiger partial charge is 0.481 e. The zero-order chi connectivity index (χ0) is 14.4. The number of halogens is 1. The van der Waals surface area contributed by atoms with E-state index < -0.39 is 6.10 Å². The number of anilines is 1. The van der Waals surface area contributed by atoms with Gasteiger partial charge in [0.05, 0.1) is 24.8 Å². The summed E-state index contributed by atoms with van der Waals surface area (Å²) in [6.45, 7) is 0.415.